The zero-order valence-electron chi connectivity index (χ0n) is 4.41. The average molecular weight is 175 g/mol. The first-order valence-electron chi connectivity index (χ1n) is 2.47. The van der Waals surface area contributed by atoms with Crippen LogP contribution in [0.5, 0.6) is 0 Å². The van der Waals surface area contributed by atoms with E-state index in [1.54, 1.807) is 19.5 Å². The monoisotopic (exact) mass is 174 g/mol. The summed E-state index contributed by atoms with van der Waals surface area (Å²) in [5, 5.41) is 3.22. The van der Waals surface area contributed by atoms with E-state index >= 15 is 0 Å². The molecule has 1 aliphatic heterocycles. The molecule has 1 nitrogen and oxygen atoms in total. The van der Waals surface area contributed by atoms with E-state index in [0.29, 0.717) is 0 Å². The molecule has 0 aromatic carbocycles. The Kier molecular flexibility index (Phi) is 8.45. The molecule has 37 valence electrons. The molecule has 1 heterocycles. The van der Waals surface area contributed by atoms with Crippen LogP contribution < -0.4 is 5.32 Å². The van der Waals surface area contributed by atoms with Crippen LogP contribution in [0, 0.1) is 0 Å². The third-order valence-electron chi connectivity index (χ3n) is 0.957. The lowest BCUT2D eigenvalue weighted by atomic mass is 10.4. The molecule has 1 N–H and O–H groups in total. The fourth-order valence-electron chi connectivity index (χ4n) is 0.625. The maximum absolute atomic E-state index is 3.22. The molecule has 1 aliphatic rings. The molecule has 1 rings (SSSR count). The lowest BCUT2D eigenvalue weighted by molar-refractivity contribution is 0.857. The van der Waals surface area contributed by atoms with Crippen LogP contribution in [-0.2, 0) is 0 Å². The smallest absolute Gasteiger partial charge is 0.317 e. The van der Waals surface area contributed by atoms with Crippen molar-refractivity contribution in [2.24, 2.45) is 0 Å². The van der Waals surface area contributed by atoms with Gasteiger partial charge in [-0.15, -0.1) is 0 Å². The highest BCUT2D eigenvalue weighted by atomic mass is 79.9. The van der Waals surface area contributed by atoms with Crippen molar-refractivity contribution in [3.8, 4) is 0 Å². The Balaban J connectivity index is 0.000000162. The quantitative estimate of drug-likeness (QED) is 0.538. The Morgan fingerprint density at radius 1 is 1.14 bits per heavy atom. The predicted octanol–water partition coefficient (Wildman–Crippen LogP) is 0.835. The van der Waals surface area contributed by atoms with E-state index in [0.717, 1.165) is 0 Å². The molecule has 0 bridgehead atoms. The van der Waals surface area contributed by atoms with Gasteiger partial charge in [-0.05, 0) is 25.9 Å². The molecule has 0 aromatic heterocycles. The first-order chi connectivity index (χ1) is 3.50. The molecule has 7 heavy (non-hydrogen) atoms. The van der Waals surface area contributed by atoms with Crippen molar-refractivity contribution >= 4 is 32.4 Å². The Labute approximate surface area is 63.5 Å². The van der Waals surface area contributed by atoms with Crippen LogP contribution >= 0.6 is 12.9 Å². The van der Waals surface area contributed by atoms with Gasteiger partial charge in [-0.25, -0.2) is 0 Å². The molecule has 0 saturated carbocycles. The van der Waals surface area contributed by atoms with Gasteiger partial charge in [0.2, 0.25) is 0 Å². The fraction of sp³-hybridized carbons (Fsp3) is 1.00. The van der Waals surface area contributed by atoms with E-state index < -0.39 is 0 Å². The predicted molar refractivity (Wildman–Crippen MR) is 36.8 cm³/mol. The molecular formula is C4H9BrMgN+2. The van der Waals surface area contributed by atoms with Gasteiger partial charge in [0.15, 0.2) is 0 Å². The second-order valence-electron chi connectivity index (χ2n) is 1.46. The van der Waals surface area contributed by atoms with E-state index in [-0.39, 0.29) is 0 Å². The van der Waals surface area contributed by atoms with E-state index in [2.05, 4.69) is 18.2 Å². The molecule has 0 amide bonds. The Hall–Kier alpha value is 1.21. The summed E-state index contributed by atoms with van der Waals surface area (Å²) in [4.78, 5) is 0. The van der Waals surface area contributed by atoms with Gasteiger partial charge >= 0.3 is 32.4 Å². The third-order valence-corrected chi connectivity index (χ3v) is 0.957. The lowest BCUT2D eigenvalue weighted by Gasteiger charge is -1.76. The summed E-state index contributed by atoms with van der Waals surface area (Å²) in [6.45, 7) is 2.50. The topological polar surface area (TPSA) is 12.0 Å². The maximum Gasteiger partial charge on any atom is 1.52 e. The van der Waals surface area contributed by atoms with E-state index in [1.807, 2.05) is 0 Å². The first kappa shape index (κ1) is 8.21. The SMILES string of the molecule is C1CCNC1.[Mg+2][Br]. The van der Waals surface area contributed by atoms with Crippen LogP contribution in [0.2, 0.25) is 0 Å². The van der Waals surface area contributed by atoms with Crippen molar-refractivity contribution in [2.45, 2.75) is 12.8 Å². The normalized spacial score (nSPS) is 18.0. The largest absolute Gasteiger partial charge is 1.52 e. The van der Waals surface area contributed by atoms with Gasteiger partial charge in [0.1, 0.15) is 0 Å². The average Bonchev–Trinajstić information content (AvgIpc) is 2.23. The molecule has 0 aromatic rings. The number of hydrogen-bond donors (Lipinski definition) is 1. The number of hydrogen-bond acceptors (Lipinski definition) is 1. The van der Waals surface area contributed by atoms with Gasteiger partial charge in [0, 0.05) is 0 Å². The van der Waals surface area contributed by atoms with Crippen LogP contribution in [0.3, 0.4) is 0 Å². The summed E-state index contributed by atoms with van der Waals surface area (Å²) in [5.74, 6) is 0. The summed E-state index contributed by atoms with van der Waals surface area (Å²) in [6, 6.07) is 0. The zero-order chi connectivity index (χ0) is 5.54. The number of rotatable bonds is 0. The van der Waals surface area contributed by atoms with Gasteiger partial charge in [-0.2, -0.15) is 0 Å². The van der Waals surface area contributed by atoms with Crippen molar-refractivity contribution < 1.29 is 0 Å². The van der Waals surface area contributed by atoms with Crippen LogP contribution in [0.15, 0.2) is 0 Å². The standard InChI is InChI=1S/C4H9N.BrH.Mg/c1-2-4-5-3-1;;/h5H,1-4H2;1H;/q;;+3/p-1. The molecule has 0 aliphatic carbocycles. The highest BCUT2D eigenvalue weighted by molar-refractivity contribution is 9.22. The summed E-state index contributed by atoms with van der Waals surface area (Å²) < 4.78 is 0. The Morgan fingerprint density at radius 2 is 1.57 bits per heavy atom. The van der Waals surface area contributed by atoms with Crippen molar-refractivity contribution in [2.75, 3.05) is 13.1 Å². The lowest BCUT2D eigenvalue weighted by Crippen LogP contribution is -2.03. The minimum atomic E-state index is 1.25. The van der Waals surface area contributed by atoms with E-state index in [1.165, 1.54) is 25.9 Å². The minimum Gasteiger partial charge on any atom is -0.317 e. The van der Waals surface area contributed by atoms with Crippen LogP contribution in [0.25, 0.3) is 0 Å². The molecule has 1 fully saturated rings. The summed E-state index contributed by atoms with van der Waals surface area (Å²) in [7, 11) is 0. The fourth-order valence-corrected chi connectivity index (χ4v) is 0.625. The Bertz CT molecular complexity index is 23.3. The molecule has 1 saturated heterocycles. The maximum atomic E-state index is 3.22. The van der Waals surface area contributed by atoms with Gasteiger partial charge < -0.3 is 5.32 Å². The summed E-state index contributed by atoms with van der Waals surface area (Å²) in [6.07, 6.45) is 2.78. The van der Waals surface area contributed by atoms with Crippen LogP contribution in [0.1, 0.15) is 12.8 Å². The zero-order valence-corrected chi connectivity index (χ0v) is 7.41. The third kappa shape index (κ3) is 5.07. The molecule has 3 heteroatoms. The van der Waals surface area contributed by atoms with Gasteiger partial charge in [0.25, 0.3) is 0 Å². The molecule has 0 atom stereocenters. The van der Waals surface area contributed by atoms with E-state index in [4.69, 9.17) is 0 Å². The van der Waals surface area contributed by atoms with Crippen molar-refractivity contribution in [1.82, 2.24) is 5.32 Å². The summed E-state index contributed by atoms with van der Waals surface area (Å²) >= 11 is 4.64. The number of halogens is 1. The highest BCUT2D eigenvalue weighted by Crippen LogP contribution is 1.90. The van der Waals surface area contributed by atoms with Crippen molar-refractivity contribution in [1.29, 1.82) is 0 Å². The van der Waals surface area contributed by atoms with Crippen molar-refractivity contribution in [3.05, 3.63) is 0 Å². The van der Waals surface area contributed by atoms with Gasteiger partial charge in [-0.1, -0.05) is 0 Å². The van der Waals surface area contributed by atoms with Crippen LogP contribution in [-0.4, -0.2) is 32.6 Å². The minimum absolute atomic E-state index is 1.25. The van der Waals surface area contributed by atoms with Crippen molar-refractivity contribution in [3.63, 3.8) is 0 Å². The van der Waals surface area contributed by atoms with Gasteiger partial charge in [0.05, 0.1) is 0 Å². The molecular weight excluding hydrogens is 166 g/mol. The van der Waals surface area contributed by atoms with Crippen LogP contribution in [0.4, 0.5) is 0 Å². The molecule has 0 spiro atoms. The second kappa shape index (κ2) is 7.21. The Morgan fingerprint density at radius 3 is 1.71 bits per heavy atom. The second-order valence-corrected chi connectivity index (χ2v) is 1.46. The molecule has 7 radical (unpaired) electrons. The number of nitrogens with one attached hydrogen (secondary N) is 1. The highest BCUT2D eigenvalue weighted by Gasteiger charge is 2.13. The van der Waals surface area contributed by atoms with E-state index in [9.17, 15) is 0 Å². The summed E-state index contributed by atoms with van der Waals surface area (Å²) in [5.41, 5.74) is 0. The molecule has 0 unspecified atom stereocenters. The van der Waals surface area contributed by atoms with Gasteiger partial charge in [-0.3, -0.25) is 0 Å². The first-order valence-corrected chi connectivity index (χ1v) is 6.37.